The van der Waals surface area contributed by atoms with Gasteiger partial charge in [-0.1, -0.05) is 6.07 Å². The summed E-state index contributed by atoms with van der Waals surface area (Å²) < 4.78 is 39.1. The van der Waals surface area contributed by atoms with Crippen molar-refractivity contribution in [2.45, 2.75) is 30.2 Å². The van der Waals surface area contributed by atoms with Crippen LogP contribution in [0.3, 0.4) is 0 Å². The van der Waals surface area contributed by atoms with Crippen LogP contribution in [0.5, 0.6) is 11.5 Å². The third-order valence-corrected chi connectivity index (χ3v) is 5.70. The van der Waals surface area contributed by atoms with Gasteiger partial charge in [-0.2, -0.15) is 0 Å². The minimum atomic E-state index is -3.83. The summed E-state index contributed by atoms with van der Waals surface area (Å²) in [5.41, 5.74) is 0.742. The molecule has 0 spiro atoms. The lowest BCUT2D eigenvalue weighted by Gasteiger charge is -2.12. The number of sulfonamides is 1. The Hall–Kier alpha value is -2.74. The van der Waals surface area contributed by atoms with E-state index in [1.54, 1.807) is 24.3 Å². The number of ether oxygens (including phenoxy) is 2. The van der Waals surface area contributed by atoms with Crippen molar-refractivity contribution in [1.82, 2.24) is 5.32 Å². The summed E-state index contributed by atoms with van der Waals surface area (Å²) in [4.78, 5) is 12.2. The Balaban J connectivity index is 1.54. The average molecular weight is 388 g/mol. The highest BCUT2D eigenvalue weighted by Crippen LogP contribution is 2.32. The number of carbonyl (C=O) groups is 1. The SMILES string of the molecule is O=C(NC1CC1)c1cccc(NS(=O)(=O)c2ccc3c(c2)OCCCO3)c1. The van der Waals surface area contributed by atoms with E-state index < -0.39 is 10.0 Å². The van der Waals surface area contributed by atoms with Crippen molar-refractivity contribution in [3.63, 3.8) is 0 Å². The van der Waals surface area contributed by atoms with E-state index in [0.29, 0.717) is 36.0 Å². The van der Waals surface area contributed by atoms with Crippen LogP contribution in [-0.2, 0) is 10.0 Å². The van der Waals surface area contributed by atoms with Crippen molar-refractivity contribution in [2.24, 2.45) is 0 Å². The van der Waals surface area contributed by atoms with E-state index in [0.717, 1.165) is 19.3 Å². The van der Waals surface area contributed by atoms with Crippen LogP contribution >= 0.6 is 0 Å². The Labute approximate surface area is 157 Å². The smallest absolute Gasteiger partial charge is 0.262 e. The normalized spacial score (nSPS) is 16.3. The van der Waals surface area contributed by atoms with Gasteiger partial charge in [-0.05, 0) is 43.2 Å². The third kappa shape index (κ3) is 4.16. The Bertz CT molecular complexity index is 970. The lowest BCUT2D eigenvalue weighted by molar-refractivity contribution is 0.0951. The van der Waals surface area contributed by atoms with E-state index in [1.807, 2.05) is 0 Å². The van der Waals surface area contributed by atoms with Crippen LogP contribution in [-0.4, -0.2) is 33.6 Å². The first-order chi connectivity index (χ1) is 13.0. The summed E-state index contributed by atoms with van der Waals surface area (Å²) in [6, 6.07) is 11.2. The van der Waals surface area contributed by atoms with Gasteiger partial charge in [0.05, 0.1) is 18.1 Å². The van der Waals surface area contributed by atoms with Crippen molar-refractivity contribution in [1.29, 1.82) is 0 Å². The van der Waals surface area contributed by atoms with Crippen molar-refractivity contribution in [3.05, 3.63) is 48.0 Å². The molecule has 1 aliphatic heterocycles. The zero-order valence-electron chi connectivity index (χ0n) is 14.6. The second-order valence-corrected chi connectivity index (χ2v) is 8.28. The zero-order chi connectivity index (χ0) is 18.9. The maximum Gasteiger partial charge on any atom is 0.262 e. The molecule has 0 bridgehead atoms. The van der Waals surface area contributed by atoms with Gasteiger partial charge in [0.25, 0.3) is 15.9 Å². The lowest BCUT2D eigenvalue weighted by atomic mass is 10.2. The Kier molecular flexibility index (Phi) is 4.65. The summed E-state index contributed by atoms with van der Waals surface area (Å²) >= 11 is 0. The van der Waals surface area contributed by atoms with Gasteiger partial charge >= 0.3 is 0 Å². The maximum atomic E-state index is 12.7. The van der Waals surface area contributed by atoms with Crippen molar-refractivity contribution < 1.29 is 22.7 Å². The highest BCUT2D eigenvalue weighted by Gasteiger charge is 2.24. The van der Waals surface area contributed by atoms with Crippen LogP contribution < -0.4 is 19.5 Å². The summed E-state index contributed by atoms with van der Waals surface area (Å²) in [5, 5.41) is 2.89. The first-order valence-electron chi connectivity index (χ1n) is 8.85. The van der Waals surface area contributed by atoms with E-state index in [2.05, 4.69) is 10.0 Å². The van der Waals surface area contributed by atoms with E-state index in [4.69, 9.17) is 9.47 Å². The van der Waals surface area contributed by atoms with Gasteiger partial charge in [0.15, 0.2) is 11.5 Å². The van der Waals surface area contributed by atoms with Crippen LogP contribution in [0.25, 0.3) is 0 Å². The molecule has 2 N–H and O–H groups in total. The third-order valence-electron chi connectivity index (χ3n) is 4.32. The molecule has 0 aromatic heterocycles. The lowest BCUT2D eigenvalue weighted by Crippen LogP contribution is -2.25. The molecule has 27 heavy (non-hydrogen) atoms. The number of rotatable bonds is 5. The molecule has 2 aromatic carbocycles. The molecule has 1 heterocycles. The summed E-state index contributed by atoms with van der Waals surface area (Å²) in [5.74, 6) is 0.743. The number of carbonyl (C=O) groups excluding carboxylic acids is 1. The molecule has 1 amide bonds. The number of amides is 1. The fourth-order valence-corrected chi connectivity index (χ4v) is 3.81. The van der Waals surface area contributed by atoms with Gasteiger partial charge < -0.3 is 14.8 Å². The van der Waals surface area contributed by atoms with Gasteiger partial charge in [0.2, 0.25) is 0 Å². The Morgan fingerprint density at radius 2 is 1.78 bits per heavy atom. The predicted molar refractivity (Wildman–Crippen MR) is 99.8 cm³/mol. The Morgan fingerprint density at radius 1 is 1.00 bits per heavy atom. The summed E-state index contributed by atoms with van der Waals surface area (Å²) in [6.45, 7) is 1.01. The number of hydrogen-bond acceptors (Lipinski definition) is 5. The molecule has 1 aliphatic carbocycles. The minimum Gasteiger partial charge on any atom is -0.490 e. The minimum absolute atomic E-state index is 0.0691. The number of nitrogens with one attached hydrogen (secondary N) is 2. The zero-order valence-corrected chi connectivity index (χ0v) is 15.4. The molecule has 1 saturated carbocycles. The van der Waals surface area contributed by atoms with Crippen LogP contribution in [0.4, 0.5) is 5.69 Å². The molecule has 2 aliphatic rings. The summed E-state index contributed by atoms with van der Waals surface area (Å²) in [7, 11) is -3.83. The predicted octanol–water partition coefficient (Wildman–Crippen LogP) is 2.54. The number of fused-ring (bicyclic) bond motifs is 1. The second-order valence-electron chi connectivity index (χ2n) is 6.59. The molecule has 142 valence electrons. The van der Waals surface area contributed by atoms with E-state index in [-0.39, 0.29) is 16.8 Å². The second kappa shape index (κ2) is 7.11. The van der Waals surface area contributed by atoms with E-state index >= 15 is 0 Å². The molecule has 8 heteroatoms. The van der Waals surface area contributed by atoms with Crippen LogP contribution in [0, 0.1) is 0 Å². The molecule has 0 radical (unpaired) electrons. The molecular formula is C19H20N2O5S. The number of benzene rings is 2. The molecule has 2 aromatic rings. The van der Waals surface area contributed by atoms with E-state index in [9.17, 15) is 13.2 Å². The van der Waals surface area contributed by atoms with Gasteiger partial charge in [-0.15, -0.1) is 0 Å². The monoisotopic (exact) mass is 388 g/mol. The van der Waals surface area contributed by atoms with Crippen molar-refractivity contribution in [2.75, 3.05) is 17.9 Å². The molecular weight excluding hydrogens is 368 g/mol. The molecule has 1 fully saturated rings. The molecule has 7 nitrogen and oxygen atoms in total. The fourth-order valence-electron chi connectivity index (χ4n) is 2.75. The van der Waals surface area contributed by atoms with Crippen LogP contribution in [0.1, 0.15) is 29.6 Å². The fraction of sp³-hybridized carbons (Fsp3) is 0.316. The maximum absolute atomic E-state index is 12.7. The van der Waals surface area contributed by atoms with Crippen LogP contribution in [0.15, 0.2) is 47.4 Å². The van der Waals surface area contributed by atoms with Crippen LogP contribution in [0.2, 0.25) is 0 Å². The molecule has 4 rings (SSSR count). The first-order valence-corrected chi connectivity index (χ1v) is 10.3. The standard InChI is InChI=1S/C19H20N2O5S/c22-19(20-14-5-6-14)13-3-1-4-15(11-13)21-27(23,24)16-7-8-17-18(12-16)26-10-2-9-25-17/h1,3-4,7-8,11-12,14,21H,2,5-6,9-10H2,(H,20,22). The van der Waals surface area contributed by atoms with Crippen molar-refractivity contribution in [3.8, 4) is 11.5 Å². The highest BCUT2D eigenvalue weighted by molar-refractivity contribution is 7.92. The van der Waals surface area contributed by atoms with Gasteiger partial charge in [-0.3, -0.25) is 9.52 Å². The number of hydrogen-bond donors (Lipinski definition) is 2. The summed E-state index contributed by atoms with van der Waals surface area (Å²) in [6.07, 6.45) is 2.72. The largest absolute Gasteiger partial charge is 0.490 e. The quantitative estimate of drug-likeness (QED) is 0.821. The molecule has 0 unspecified atom stereocenters. The molecule has 0 atom stereocenters. The van der Waals surface area contributed by atoms with E-state index in [1.165, 1.54) is 18.2 Å². The highest BCUT2D eigenvalue weighted by atomic mass is 32.2. The Morgan fingerprint density at radius 3 is 2.56 bits per heavy atom. The number of anilines is 1. The topological polar surface area (TPSA) is 93.7 Å². The van der Waals surface area contributed by atoms with Gasteiger partial charge in [-0.25, -0.2) is 8.42 Å². The van der Waals surface area contributed by atoms with Gasteiger partial charge in [0.1, 0.15) is 0 Å². The average Bonchev–Trinajstić information content (AvgIpc) is 3.47. The van der Waals surface area contributed by atoms with Gasteiger partial charge in [0, 0.05) is 29.8 Å². The van der Waals surface area contributed by atoms with Crippen molar-refractivity contribution >= 4 is 21.6 Å². The first kappa shape index (κ1) is 17.7. The molecule has 0 saturated heterocycles.